The second-order valence-electron chi connectivity index (χ2n) is 3.70. The number of amides is 1. The van der Waals surface area contributed by atoms with Gasteiger partial charge in [-0.15, -0.1) is 11.8 Å². The van der Waals surface area contributed by atoms with Crippen molar-refractivity contribution in [1.82, 2.24) is 0 Å². The number of carbonyl (C=O) groups is 1. The maximum absolute atomic E-state index is 11.7. The molecule has 0 saturated heterocycles. The fraction of sp³-hybridized carbons (Fsp3) is 0.0714. The van der Waals surface area contributed by atoms with Gasteiger partial charge in [0.2, 0.25) is 5.91 Å². The summed E-state index contributed by atoms with van der Waals surface area (Å²) in [4.78, 5) is 12.7. The summed E-state index contributed by atoms with van der Waals surface area (Å²) in [6, 6.07) is 16.3. The second-order valence-corrected chi connectivity index (χ2v) is 4.75. The maximum Gasteiger partial charge on any atom is 0.234 e. The summed E-state index contributed by atoms with van der Waals surface area (Å²) in [6.45, 7) is 0. The van der Waals surface area contributed by atoms with Gasteiger partial charge in [-0.1, -0.05) is 24.3 Å². The van der Waals surface area contributed by atoms with Crippen LogP contribution in [-0.4, -0.2) is 16.8 Å². The van der Waals surface area contributed by atoms with Gasteiger partial charge in [0.15, 0.2) is 0 Å². The molecule has 0 saturated carbocycles. The first-order valence-electron chi connectivity index (χ1n) is 5.51. The highest BCUT2D eigenvalue weighted by Crippen LogP contribution is 2.18. The molecule has 18 heavy (non-hydrogen) atoms. The first-order chi connectivity index (χ1) is 8.74. The number of aromatic hydroxyl groups is 1. The van der Waals surface area contributed by atoms with Gasteiger partial charge >= 0.3 is 0 Å². The molecule has 0 bridgehead atoms. The first-order valence-corrected chi connectivity index (χ1v) is 6.49. The zero-order chi connectivity index (χ0) is 12.8. The zero-order valence-electron chi connectivity index (χ0n) is 9.67. The van der Waals surface area contributed by atoms with Crippen molar-refractivity contribution >= 4 is 23.4 Å². The Labute approximate surface area is 110 Å². The molecular weight excluding hydrogens is 246 g/mol. The molecule has 0 aliphatic carbocycles. The highest BCUT2D eigenvalue weighted by Gasteiger charge is 2.03. The fourth-order valence-electron chi connectivity index (χ4n) is 1.45. The SMILES string of the molecule is O=C(CSc1ccccc1)Nc1cccc(O)c1. The molecule has 0 aliphatic rings. The molecule has 4 heteroatoms. The van der Waals surface area contributed by atoms with Crippen LogP contribution in [0.25, 0.3) is 0 Å². The molecule has 2 aromatic rings. The molecule has 0 atom stereocenters. The quantitative estimate of drug-likeness (QED) is 0.829. The Bertz CT molecular complexity index is 528. The van der Waals surface area contributed by atoms with Gasteiger partial charge in [0.25, 0.3) is 0 Å². The van der Waals surface area contributed by atoms with E-state index in [2.05, 4.69) is 5.32 Å². The van der Waals surface area contributed by atoms with E-state index >= 15 is 0 Å². The van der Waals surface area contributed by atoms with Crippen LogP contribution in [-0.2, 0) is 4.79 Å². The third-order valence-electron chi connectivity index (χ3n) is 2.24. The molecule has 1 amide bonds. The van der Waals surface area contributed by atoms with Crippen molar-refractivity contribution in [3.8, 4) is 5.75 Å². The predicted octanol–water partition coefficient (Wildman–Crippen LogP) is 3.12. The highest BCUT2D eigenvalue weighted by atomic mass is 32.2. The number of rotatable bonds is 4. The number of phenolic OH excluding ortho intramolecular Hbond substituents is 1. The Balaban J connectivity index is 1.86. The van der Waals surface area contributed by atoms with E-state index in [1.807, 2.05) is 30.3 Å². The van der Waals surface area contributed by atoms with Gasteiger partial charge in [0.05, 0.1) is 5.75 Å². The molecule has 2 rings (SSSR count). The lowest BCUT2D eigenvalue weighted by Crippen LogP contribution is -2.13. The number of benzene rings is 2. The third-order valence-corrected chi connectivity index (χ3v) is 3.26. The zero-order valence-corrected chi connectivity index (χ0v) is 10.5. The minimum atomic E-state index is -0.0885. The highest BCUT2D eigenvalue weighted by molar-refractivity contribution is 8.00. The van der Waals surface area contributed by atoms with E-state index in [1.165, 1.54) is 17.8 Å². The lowest BCUT2D eigenvalue weighted by atomic mass is 10.3. The van der Waals surface area contributed by atoms with E-state index in [9.17, 15) is 9.90 Å². The molecule has 0 unspecified atom stereocenters. The van der Waals surface area contributed by atoms with Gasteiger partial charge in [0.1, 0.15) is 5.75 Å². The number of nitrogens with one attached hydrogen (secondary N) is 1. The summed E-state index contributed by atoms with van der Waals surface area (Å²) in [6.07, 6.45) is 0. The normalized spacial score (nSPS) is 10.0. The largest absolute Gasteiger partial charge is 0.508 e. The minimum absolute atomic E-state index is 0.0885. The summed E-state index contributed by atoms with van der Waals surface area (Å²) in [5, 5.41) is 12.0. The number of carbonyl (C=O) groups excluding carboxylic acids is 1. The fourth-order valence-corrected chi connectivity index (χ4v) is 2.17. The lowest BCUT2D eigenvalue weighted by Gasteiger charge is -2.05. The number of hydrogen-bond acceptors (Lipinski definition) is 3. The molecule has 3 nitrogen and oxygen atoms in total. The molecule has 0 aromatic heterocycles. The number of thioether (sulfide) groups is 1. The van der Waals surface area contributed by atoms with Gasteiger partial charge in [-0.25, -0.2) is 0 Å². The monoisotopic (exact) mass is 259 g/mol. The molecule has 2 aromatic carbocycles. The van der Waals surface area contributed by atoms with Crippen molar-refractivity contribution < 1.29 is 9.90 Å². The minimum Gasteiger partial charge on any atom is -0.508 e. The van der Waals surface area contributed by atoms with Crippen molar-refractivity contribution in [1.29, 1.82) is 0 Å². The number of hydrogen-bond donors (Lipinski definition) is 2. The Hall–Kier alpha value is -1.94. The Morgan fingerprint density at radius 2 is 1.89 bits per heavy atom. The predicted molar refractivity (Wildman–Crippen MR) is 73.9 cm³/mol. The smallest absolute Gasteiger partial charge is 0.234 e. The van der Waals surface area contributed by atoms with Crippen LogP contribution in [0.15, 0.2) is 59.5 Å². The van der Waals surface area contributed by atoms with Crippen LogP contribution < -0.4 is 5.32 Å². The summed E-state index contributed by atoms with van der Waals surface area (Å²) < 4.78 is 0. The van der Waals surface area contributed by atoms with Crippen molar-refractivity contribution in [2.75, 3.05) is 11.1 Å². The molecule has 2 N–H and O–H groups in total. The van der Waals surface area contributed by atoms with E-state index in [4.69, 9.17) is 0 Å². The van der Waals surface area contributed by atoms with Gasteiger partial charge in [-0.3, -0.25) is 4.79 Å². The van der Waals surface area contributed by atoms with Gasteiger partial charge in [0, 0.05) is 16.6 Å². The van der Waals surface area contributed by atoms with Gasteiger partial charge < -0.3 is 10.4 Å². The van der Waals surface area contributed by atoms with Gasteiger partial charge in [-0.05, 0) is 24.3 Å². The molecule has 0 radical (unpaired) electrons. The topological polar surface area (TPSA) is 49.3 Å². The summed E-state index contributed by atoms with van der Waals surface area (Å²) in [5.41, 5.74) is 0.605. The molecule has 0 spiro atoms. The second kappa shape index (κ2) is 6.12. The molecule has 0 heterocycles. The Morgan fingerprint density at radius 1 is 1.11 bits per heavy atom. The molecular formula is C14H13NO2S. The van der Waals surface area contributed by atoms with Crippen LogP contribution in [0.4, 0.5) is 5.69 Å². The van der Waals surface area contributed by atoms with Crippen LogP contribution in [0, 0.1) is 0 Å². The van der Waals surface area contributed by atoms with Crippen molar-refractivity contribution in [2.24, 2.45) is 0 Å². The van der Waals surface area contributed by atoms with E-state index < -0.39 is 0 Å². The first kappa shape index (κ1) is 12.5. The molecule has 0 fully saturated rings. The van der Waals surface area contributed by atoms with Crippen molar-refractivity contribution in [3.05, 3.63) is 54.6 Å². The van der Waals surface area contributed by atoms with E-state index in [-0.39, 0.29) is 11.7 Å². The summed E-state index contributed by atoms with van der Waals surface area (Å²) in [5.74, 6) is 0.401. The average Bonchev–Trinajstić information content (AvgIpc) is 2.38. The van der Waals surface area contributed by atoms with Crippen LogP contribution in [0.5, 0.6) is 5.75 Å². The van der Waals surface area contributed by atoms with E-state index in [0.717, 1.165) is 4.90 Å². The Kier molecular flexibility index (Phi) is 4.25. The molecule has 92 valence electrons. The maximum atomic E-state index is 11.7. The van der Waals surface area contributed by atoms with E-state index in [1.54, 1.807) is 18.2 Å². The summed E-state index contributed by atoms with van der Waals surface area (Å²) >= 11 is 1.48. The lowest BCUT2D eigenvalue weighted by molar-refractivity contribution is -0.113. The van der Waals surface area contributed by atoms with Crippen LogP contribution >= 0.6 is 11.8 Å². The van der Waals surface area contributed by atoms with Crippen LogP contribution in [0.2, 0.25) is 0 Å². The Morgan fingerprint density at radius 3 is 2.61 bits per heavy atom. The number of anilines is 1. The van der Waals surface area contributed by atoms with Crippen LogP contribution in [0.3, 0.4) is 0 Å². The average molecular weight is 259 g/mol. The van der Waals surface area contributed by atoms with Crippen LogP contribution in [0.1, 0.15) is 0 Å². The summed E-state index contributed by atoms with van der Waals surface area (Å²) in [7, 11) is 0. The van der Waals surface area contributed by atoms with Gasteiger partial charge in [-0.2, -0.15) is 0 Å². The standard InChI is InChI=1S/C14H13NO2S/c16-12-6-4-5-11(9-12)15-14(17)10-18-13-7-2-1-3-8-13/h1-9,16H,10H2,(H,15,17). The number of phenols is 1. The van der Waals surface area contributed by atoms with E-state index in [0.29, 0.717) is 11.4 Å². The van der Waals surface area contributed by atoms with Crippen molar-refractivity contribution in [2.45, 2.75) is 4.90 Å². The third kappa shape index (κ3) is 3.82. The van der Waals surface area contributed by atoms with Crippen molar-refractivity contribution in [3.63, 3.8) is 0 Å². The molecule has 0 aliphatic heterocycles.